The summed E-state index contributed by atoms with van der Waals surface area (Å²) in [5, 5.41) is 8.67. The number of benzene rings is 1. The van der Waals surface area contributed by atoms with Gasteiger partial charge in [-0.3, -0.25) is 0 Å². The van der Waals surface area contributed by atoms with E-state index in [0.717, 1.165) is 6.26 Å². The van der Waals surface area contributed by atoms with Gasteiger partial charge in [-0.15, -0.1) is 0 Å². The molecule has 1 rings (SSSR count). The highest BCUT2D eigenvalue weighted by atomic mass is 32.2. The molecule has 1 aromatic rings. The Morgan fingerprint density at radius 1 is 1.33 bits per heavy atom. The standard InChI is InChI=1S/C10H13FO3S/c1-7(15(2,13)14)10(12)8-5-3-4-6-9(8)11/h3-7,10,12H,1-2H3/t7-,10-/m1/s1. The summed E-state index contributed by atoms with van der Waals surface area (Å²) >= 11 is 0. The Morgan fingerprint density at radius 3 is 2.33 bits per heavy atom. The highest BCUT2D eigenvalue weighted by molar-refractivity contribution is 7.91. The molecule has 0 bridgehead atoms. The van der Waals surface area contributed by atoms with Gasteiger partial charge in [0.15, 0.2) is 9.84 Å². The predicted molar refractivity (Wildman–Crippen MR) is 55.7 cm³/mol. The Hall–Kier alpha value is -0.940. The number of hydrogen-bond acceptors (Lipinski definition) is 3. The monoisotopic (exact) mass is 232 g/mol. The first-order chi connectivity index (χ1) is 6.84. The molecule has 0 amide bonds. The molecule has 0 fully saturated rings. The topological polar surface area (TPSA) is 54.4 Å². The molecule has 84 valence electrons. The molecule has 5 heteroatoms. The minimum Gasteiger partial charge on any atom is -0.387 e. The molecule has 0 aromatic heterocycles. The summed E-state index contributed by atoms with van der Waals surface area (Å²) in [5.74, 6) is -0.597. The third-order valence-corrected chi connectivity index (χ3v) is 3.95. The first-order valence-corrected chi connectivity index (χ1v) is 6.41. The largest absolute Gasteiger partial charge is 0.387 e. The maximum absolute atomic E-state index is 13.2. The number of aliphatic hydroxyl groups excluding tert-OH is 1. The van der Waals surface area contributed by atoms with Crippen molar-refractivity contribution in [1.82, 2.24) is 0 Å². The SMILES string of the molecule is C[C@H]([C@@H](O)c1ccccc1F)S(C)(=O)=O. The highest BCUT2D eigenvalue weighted by Crippen LogP contribution is 2.23. The average molecular weight is 232 g/mol. The van der Waals surface area contributed by atoms with E-state index in [0.29, 0.717) is 0 Å². The van der Waals surface area contributed by atoms with Crippen molar-refractivity contribution in [3.05, 3.63) is 35.6 Å². The van der Waals surface area contributed by atoms with Crippen LogP contribution in [-0.4, -0.2) is 25.0 Å². The Labute approximate surface area is 88.5 Å². The fourth-order valence-electron chi connectivity index (χ4n) is 1.20. The van der Waals surface area contributed by atoms with Gasteiger partial charge >= 0.3 is 0 Å². The van der Waals surface area contributed by atoms with E-state index < -0.39 is 27.0 Å². The summed E-state index contributed by atoms with van der Waals surface area (Å²) in [5.41, 5.74) is 0.00965. The van der Waals surface area contributed by atoms with Crippen molar-refractivity contribution in [1.29, 1.82) is 0 Å². The van der Waals surface area contributed by atoms with Crippen LogP contribution in [0.3, 0.4) is 0 Å². The number of rotatable bonds is 3. The van der Waals surface area contributed by atoms with Crippen molar-refractivity contribution < 1.29 is 17.9 Å². The van der Waals surface area contributed by atoms with Crippen LogP contribution in [0.1, 0.15) is 18.6 Å². The molecule has 0 saturated carbocycles. The van der Waals surface area contributed by atoms with Crippen molar-refractivity contribution in [2.24, 2.45) is 0 Å². The molecule has 0 radical (unpaired) electrons. The van der Waals surface area contributed by atoms with Gasteiger partial charge in [-0.2, -0.15) is 0 Å². The summed E-state index contributed by atoms with van der Waals surface area (Å²) in [4.78, 5) is 0. The van der Waals surface area contributed by atoms with Crippen molar-refractivity contribution >= 4 is 9.84 Å². The maximum Gasteiger partial charge on any atom is 0.152 e. The molecular formula is C10H13FO3S. The molecule has 0 aliphatic rings. The number of hydrogen-bond donors (Lipinski definition) is 1. The van der Waals surface area contributed by atoms with Gasteiger partial charge in [-0.05, 0) is 13.0 Å². The van der Waals surface area contributed by atoms with Crippen LogP contribution in [0.5, 0.6) is 0 Å². The summed E-state index contributed by atoms with van der Waals surface area (Å²) in [6, 6.07) is 5.60. The average Bonchev–Trinajstić information content (AvgIpc) is 2.15. The Kier molecular flexibility index (Phi) is 3.46. The van der Waals surface area contributed by atoms with Crippen LogP contribution in [-0.2, 0) is 9.84 Å². The Balaban J connectivity index is 3.06. The van der Waals surface area contributed by atoms with Crippen LogP contribution in [0, 0.1) is 5.82 Å². The number of sulfone groups is 1. The number of aliphatic hydroxyl groups is 1. The third-order valence-electron chi connectivity index (χ3n) is 2.34. The second-order valence-electron chi connectivity index (χ2n) is 3.50. The second-order valence-corrected chi connectivity index (χ2v) is 5.90. The number of halogens is 1. The van der Waals surface area contributed by atoms with Gasteiger partial charge in [-0.25, -0.2) is 12.8 Å². The highest BCUT2D eigenvalue weighted by Gasteiger charge is 2.27. The van der Waals surface area contributed by atoms with E-state index >= 15 is 0 Å². The zero-order chi connectivity index (χ0) is 11.6. The van der Waals surface area contributed by atoms with Gasteiger partial charge < -0.3 is 5.11 Å². The first kappa shape index (κ1) is 12.1. The smallest absolute Gasteiger partial charge is 0.152 e. The lowest BCUT2D eigenvalue weighted by atomic mass is 10.1. The molecule has 1 N–H and O–H groups in total. The second kappa shape index (κ2) is 4.28. The van der Waals surface area contributed by atoms with Crippen molar-refractivity contribution in [3.8, 4) is 0 Å². The van der Waals surface area contributed by atoms with Crippen molar-refractivity contribution in [3.63, 3.8) is 0 Å². The lowest BCUT2D eigenvalue weighted by Crippen LogP contribution is -2.24. The summed E-state index contributed by atoms with van der Waals surface area (Å²) in [6.45, 7) is 1.35. The van der Waals surface area contributed by atoms with Gasteiger partial charge in [-0.1, -0.05) is 18.2 Å². The normalized spacial score (nSPS) is 16.0. The van der Waals surface area contributed by atoms with Gasteiger partial charge in [0, 0.05) is 11.8 Å². The van der Waals surface area contributed by atoms with E-state index in [9.17, 15) is 17.9 Å². The van der Waals surface area contributed by atoms with Gasteiger partial charge in [0.05, 0.1) is 11.4 Å². The Bertz CT molecular complexity index is 442. The quantitative estimate of drug-likeness (QED) is 0.854. The van der Waals surface area contributed by atoms with E-state index in [1.54, 1.807) is 6.07 Å². The van der Waals surface area contributed by atoms with Crippen molar-refractivity contribution in [2.45, 2.75) is 18.3 Å². The molecule has 3 nitrogen and oxygen atoms in total. The summed E-state index contributed by atoms with van der Waals surface area (Å²) < 4.78 is 35.6. The van der Waals surface area contributed by atoms with Gasteiger partial charge in [0.25, 0.3) is 0 Å². The van der Waals surface area contributed by atoms with E-state index in [1.807, 2.05) is 0 Å². The van der Waals surface area contributed by atoms with E-state index in [2.05, 4.69) is 0 Å². The van der Waals surface area contributed by atoms with Crippen LogP contribution in [0.4, 0.5) is 4.39 Å². The minimum atomic E-state index is -3.38. The fourth-order valence-corrected chi connectivity index (χ4v) is 1.82. The molecule has 0 aliphatic heterocycles. The summed E-state index contributed by atoms with van der Waals surface area (Å²) in [6.07, 6.45) is -0.317. The van der Waals surface area contributed by atoms with E-state index in [1.165, 1.54) is 25.1 Å². The molecule has 1 aromatic carbocycles. The van der Waals surface area contributed by atoms with Crippen LogP contribution >= 0.6 is 0 Å². The van der Waals surface area contributed by atoms with Crippen LogP contribution in [0.25, 0.3) is 0 Å². The molecule has 0 saturated heterocycles. The Morgan fingerprint density at radius 2 is 1.87 bits per heavy atom. The molecule has 0 heterocycles. The molecule has 0 spiro atoms. The van der Waals surface area contributed by atoms with E-state index in [-0.39, 0.29) is 5.56 Å². The minimum absolute atomic E-state index is 0.00965. The molecule has 0 unspecified atom stereocenters. The first-order valence-electron chi connectivity index (χ1n) is 4.45. The molecule has 2 atom stereocenters. The van der Waals surface area contributed by atoms with Crippen LogP contribution in [0.2, 0.25) is 0 Å². The van der Waals surface area contributed by atoms with Crippen LogP contribution in [0.15, 0.2) is 24.3 Å². The lowest BCUT2D eigenvalue weighted by molar-refractivity contribution is 0.171. The van der Waals surface area contributed by atoms with Crippen molar-refractivity contribution in [2.75, 3.05) is 6.26 Å². The molecule has 15 heavy (non-hydrogen) atoms. The van der Waals surface area contributed by atoms with Gasteiger partial charge in [0.1, 0.15) is 5.82 Å². The maximum atomic E-state index is 13.2. The summed E-state index contributed by atoms with van der Waals surface area (Å²) in [7, 11) is -3.38. The van der Waals surface area contributed by atoms with Crippen LogP contribution < -0.4 is 0 Å². The lowest BCUT2D eigenvalue weighted by Gasteiger charge is -2.17. The van der Waals surface area contributed by atoms with E-state index in [4.69, 9.17) is 0 Å². The zero-order valence-corrected chi connectivity index (χ0v) is 9.33. The predicted octanol–water partition coefficient (Wildman–Crippen LogP) is 1.29. The zero-order valence-electron chi connectivity index (χ0n) is 8.51. The fraction of sp³-hybridized carbons (Fsp3) is 0.400. The molecule has 0 aliphatic carbocycles. The van der Waals surface area contributed by atoms with Gasteiger partial charge in [0.2, 0.25) is 0 Å². The third kappa shape index (κ3) is 2.76. The molecular weight excluding hydrogens is 219 g/mol.